The van der Waals surface area contributed by atoms with Gasteiger partial charge >= 0.3 is 0 Å². The summed E-state index contributed by atoms with van der Waals surface area (Å²) in [6, 6.07) is 0. The summed E-state index contributed by atoms with van der Waals surface area (Å²) in [5.41, 5.74) is 3.27. The molecule has 0 radical (unpaired) electrons. The van der Waals surface area contributed by atoms with Crippen molar-refractivity contribution in [2.45, 2.75) is 32.1 Å². The molecular weight excluding hydrogens is 132 g/mol. The van der Waals surface area contributed by atoms with Crippen LogP contribution < -0.4 is 0 Å². The molecule has 0 heteroatoms. The maximum atomic E-state index is 2.33. The van der Waals surface area contributed by atoms with Gasteiger partial charge in [0.15, 0.2) is 0 Å². The largest absolute Gasteiger partial charge is 0.0842 e. The van der Waals surface area contributed by atoms with Crippen molar-refractivity contribution in [2.75, 3.05) is 0 Å². The van der Waals surface area contributed by atoms with E-state index in [-0.39, 0.29) is 0 Å². The molecule has 0 spiro atoms. The summed E-state index contributed by atoms with van der Waals surface area (Å²) in [4.78, 5) is 0. The highest BCUT2D eigenvalue weighted by Crippen LogP contribution is 2.27. The molecule has 0 bridgehead atoms. The summed E-state index contributed by atoms with van der Waals surface area (Å²) in [7, 11) is 0. The third kappa shape index (κ3) is 1.45. The Balaban J connectivity index is 2.22. The van der Waals surface area contributed by atoms with Gasteiger partial charge in [0.2, 0.25) is 0 Å². The Bertz CT molecular complexity index is 228. The minimum absolute atomic E-state index is 1.17. The van der Waals surface area contributed by atoms with Crippen molar-refractivity contribution >= 4 is 0 Å². The molecule has 0 N–H and O–H groups in total. The first-order chi connectivity index (χ1) is 5.47. The molecule has 0 atom stereocenters. The zero-order chi connectivity index (χ0) is 7.52. The van der Waals surface area contributed by atoms with Crippen LogP contribution in [-0.4, -0.2) is 0 Å². The van der Waals surface area contributed by atoms with Gasteiger partial charge in [-0.15, -0.1) is 0 Å². The minimum atomic E-state index is 1.17. The summed E-state index contributed by atoms with van der Waals surface area (Å²) in [6.45, 7) is 0. The van der Waals surface area contributed by atoms with E-state index in [2.05, 4.69) is 24.3 Å². The van der Waals surface area contributed by atoms with Gasteiger partial charge in [-0.1, -0.05) is 29.9 Å². The third-order valence-corrected chi connectivity index (χ3v) is 2.49. The van der Waals surface area contributed by atoms with E-state index < -0.39 is 0 Å². The number of rotatable bonds is 0. The average molecular weight is 146 g/mol. The molecule has 0 aromatic carbocycles. The second kappa shape index (κ2) is 3.08. The number of hydrogen-bond acceptors (Lipinski definition) is 0. The molecule has 58 valence electrons. The highest BCUT2D eigenvalue weighted by atomic mass is 14.1. The maximum absolute atomic E-state index is 2.33. The lowest BCUT2D eigenvalue weighted by Gasteiger charge is -2.11. The number of allylic oxidation sites excluding steroid dienone is 6. The van der Waals surface area contributed by atoms with E-state index in [1.54, 1.807) is 11.1 Å². The Hall–Kier alpha value is -0.780. The van der Waals surface area contributed by atoms with Crippen molar-refractivity contribution in [1.29, 1.82) is 0 Å². The van der Waals surface area contributed by atoms with Crippen molar-refractivity contribution in [3.63, 3.8) is 0 Å². The zero-order valence-electron chi connectivity index (χ0n) is 6.84. The van der Waals surface area contributed by atoms with Crippen LogP contribution in [0.1, 0.15) is 32.1 Å². The Morgan fingerprint density at radius 3 is 2.91 bits per heavy atom. The van der Waals surface area contributed by atoms with Crippen LogP contribution in [-0.2, 0) is 0 Å². The van der Waals surface area contributed by atoms with Gasteiger partial charge in [-0.3, -0.25) is 0 Å². The standard InChI is InChI=1S/C11H14/c1-2-6-10-8-4-5-9-11(10)7-3-1/h2,4-6H,1,3,7-9H2. The molecule has 2 aliphatic carbocycles. The Labute approximate surface area is 68.3 Å². The van der Waals surface area contributed by atoms with Crippen molar-refractivity contribution in [2.24, 2.45) is 0 Å². The molecule has 11 heavy (non-hydrogen) atoms. The molecule has 2 aliphatic rings. The smallest absolute Gasteiger partial charge is 0.00978 e. The van der Waals surface area contributed by atoms with Gasteiger partial charge in [-0.25, -0.2) is 0 Å². The SMILES string of the molecule is C1=CC2=C(CC=CC2)CCC1. The van der Waals surface area contributed by atoms with Crippen molar-refractivity contribution < 1.29 is 0 Å². The second-order valence-electron chi connectivity index (χ2n) is 3.30. The summed E-state index contributed by atoms with van der Waals surface area (Å²) in [5.74, 6) is 0. The molecular formula is C11H14. The van der Waals surface area contributed by atoms with E-state index in [0.29, 0.717) is 0 Å². The van der Waals surface area contributed by atoms with E-state index in [1.165, 1.54) is 32.1 Å². The van der Waals surface area contributed by atoms with Crippen molar-refractivity contribution in [3.8, 4) is 0 Å². The predicted molar refractivity (Wildman–Crippen MR) is 48.4 cm³/mol. The molecule has 0 fully saturated rings. The van der Waals surface area contributed by atoms with Gasteiger partial charge in [0.1, 0.15) is 0 Å². The topological polar surface area (TPSA) is 0 Å². The maximum Gasteiger partial charge on any atom is -0.00978 e. The van der Waals surface area contributed by atoms with Crippen LogP contribution >= 0.6 is 0 Å². The summed E-state index contributed by atoms with van der Waals surface area (Å²) in [5, 5.41) is 0. The van der Waals surface area contributed by atoms with Crippen molar-refractivity contribution in [3.05, 3.63) is 35.5 Å². The van der Waals surface area contributed by atoms with Gasteiger partial charge in [-0.05, 0) is 37.7 Å². The Kier molecular flexibility index (Phi) is 1.93. The fourth-order valence-corrected chi connectivity index (χ4v) is 1.82. The van der Waals surface area contributed by atoms with Crippen LogP contribution in [0.2, 0.25) is 0 Å². The fraction of sp³-hybridized carbons (Fsp3) is 0.455. The Morgan fingerprint density at radius 1 is 1.00 bits per heavy atom. The molecule has 0 aromatic rings. The van der Waals surface area contributed by atoms with E-state index in [0.717, 1.165) is 0 Å². The van der Waals surface area contributed by atoms with Gasteiger partial charge in [0.05, 0.1) is 0 Å². The highest BCUT2D eigenvalue weighted by molar-refractivity contribution is 5.33. The molecule has 0 aliphatic heterocycles. The first-order valence-corrected chi connectivity index (χ1v) is 4.49. The van der Waals surface area contributed by atoms with Crippen LogP contribution in [0.3, 0.4) is 0 Å². The van der Waals surface area contributed by atoms with Crippen LogP contribution in [0.4, 0.5) is 0 Å². The lowest BCUT2D eigenvalue weighted by atomic mass is 9.95. The van der Waals surface area contributed by atoms with Crippen LogP contribution in [0, 0.1) is 0 Å². The average Bonchev–Trinajstić information content (AvgIpc) is 2.28. The molecule has 0 nitrogen and oxygen atoms in total. The third-order valence-electron chi connectivity index (χ3n) is 2.49. The molecule has 0 saturated heterocycles. The van der Waals surface area contributed by atoms with E-state index >= 15 is 0 Å². The molecule has 0 amide bonds. The molecule has 0 saturated carbocycles. The lowest BCUT2D eigenvalue weighted by molar-refractivity contribution is 0.813. The highest BCUT2D eigenvalue weighted by Gasteiger charge is 2.07. The first kappa shape index (κ1) is 6.90. The lowest BCUT2D eigenvalue weighted by Crippen LogP contribution is -1.91. The normalized spacial score (nSPS) is 23.3. The van der Waals surface area contributed by atoms with E-state index in [4.69, 9.17) is 0 Å². The summed E-state index contributed by atoms with van der Waals surface area (Å²) < 4.78 is 0. The molecule has 0 aromatic heterocycles. The second-order valence-corrected chi connectivity index (χ2v) is 3.30. The van der Waals surface area contributed by atoms with Gasteiger partial charge in [0, 0.05) is 0 Å². The molecule has 2 rings (SSSR count). The molecule has 0 unspecified atom stereocenters. The Morgan fingerprint density at radius 2 is 1.91 bits per heavy atom. The van der Waals surface area contributed by atoms with Gasteiger partial charge in [0.25, 0.3) is 0 Å². The quantitative estimate of drug-likeness (QED) is 0.460. The fourth-order valence-electron chi connectivity index (χ4n) is 1.82. The van der Waals surface area contributed by atoms with Crippen molar-refractivity contribution in [1.82, 2.24) is 0 Å². The van der Waals surface area contributed by atoms with Crippen LogP contribution in [0.25, 0.3) is 0 Å². The predicted octanol–water partition coefficient (Wildman–Crippen LogP) is 3.37. The van der Waals surface area contributed by atoms with Crippen LogP contribution in [0.15, 0.2) is 35.5 Å². The monoisotopic (exact) mass is 146 g/mol. The minimum Gasteiger partial charge on any atom is -0.0842 e. The van der Waals surface area contributed by atoms with Crippen LogP contribution in [0.5, 0.6) is 0 Å². The van der Waals surface area contributed by atoms with E-state index in [9.17, 15) is 0 Å². The van der Waals surface area contributed by atoms with Gasteiger partial charge < -0.3 is 0 Å². The zero-order valence-corrected chi connectivity index (χ0v) is 6.84. The molecule has 0 heterocycles. The number of hydrogen-bond donors (Lipinski definition) is 0. The summed E-state index contributed by atoms with van der Waals surface area (Å²) in [6.07, 6.45) is 15.6. The summed E-state index contributed by atoms with van der Waals surface area (Å²) >= 11 is 0. The first-order valence-electron chi connectivity index (χ1n) is 4.49. The van der Waals surface area contributed by atoms with Gasteiger partial charge in [-0.2, -0.15) is 0 Å². The van der Waals surface area contributed by atoms with E-state index in [1.807, 2.05) is 0 Å².